The Balaban J connectivity index is 1.44. The molecule has 10 nitrogen and oxygen atoms in total. The molecule has 6 N–H and O–H groups in total. The van der Waals surface area contributed by atoms with Crippen molar-refractivity contribution in [3.05, 3.63) is 58.1 Å². The first-order valence-electron chi connectivity index (χ1n) is 11.4. The lowest BCUT2D eigenvalue weighted by Gasteiger charge is -2.23. The highest BCUT2D eigenvalue weighted by molar-refractivity contribution is 6.34. The SMILES string of the molecule is O=C(NC(CC(O)O)c1cc(Cl)cc(Cl)c1)C1CC(=O)N(c2cccc(NC3=NCC(O)CN3)c2)C1. The van der Waals surface area contributed by atoms with E-state index in [-0.39, 0.29) is 31.2 Å². The van der Waals surface area contributed by atoms with Gasteiger partial charge in [-0.15, -0.1) is 0 Å². The molecule has 12 heteroatoms. The molecule has 2 aromatic rings. The van der Waals surface area contributed by atoms with Gasteiger partial charge in [-0.3, -0.25) is 14.6 Å². The van der Waals surface area contributed by atoms with E-state index in [0.717, 1.165) is 0 Å². The number of aliphatic imine (C=N–C) groups is 1. The molecule has 0 radical (unpaired) electrons. The number of nitrogens with one attached hydrogen (secondary N) is 3. The number of hydrogen-bond acceptors (Lipinski definition) is 8. The molecular weight excluding hydrogens is 509 g/mol. The lowest BCUT2D eigenvalue weighted by Crippen LogP contribution is -2.42. The monoisotopic (exact) mass is 535 g/mol. The van der Waals surface area contributed by atoms with Gasteiger partial charge in [0.15, 0.2) is 12.2 Å². The lowest BCUT2D eigenvalue weighted by atomic mass is 10.0. The Kier molecular flexibility index (Phi) is 8.32. The molecule has 0 aliphatic carbocycles. The van der Waals surface area contributed by atoms with Crippen LogP contribution in [0.5, 0.6) is 0 Å². The number of halogens is 2. The molecule has 2 amide bonds. The number of aliphatic hydroxyl groups is 3. The van der Waals surface area contributed by atoms with Crippen molar-refractivity contribution < 1.29 is 24.9 Å². The van der Waals surface area contributed by atoms with Gasteiger partial charge in [0.25, 0.3) is 0 Å². The average Bonchev–Trinajstić information content (AvgIpc) is 3.21. The average molecular weight is 536 g/mol. The molecule has 0 aromatic heterocycles. The van der Waals surface area contributed by atoms with Gasteiger partial charge >= 0.3 is 0 Å². The maximum absolute atomic E-state index is 13.1. The minimum atomic E-state index is -1.67. The van der Waals surface area contributed by atoms with Crippen LogP contribution in [0.1, 0.15) is 24.4 Å². The van der Waals surface area contributed by atoms with Gasteiger partial charge in [-0.25, -0.2) is 0 Å². The van der Waals surface area contributed by atoms with Gasteiger partial charge in [0.05, 0.1) is 24.6 Å². The third-order valence-corrected chi connectivity index (χ3v) is 6.37. The molecule has 1 saturated heterocycles. The lowest BCUT2D eigenvalue weighted by molar-refractivity contribution is -0.127. The van der Waals surface area contributed by atoms with Crippen LogP contribution < -0.4 is 20.9 Å². The maximum Gasteiger partial charge on any atom is 0.227 e. The van der Waals surface area contributed by atoms with E-state index < -0.39 is 24.4 Å². The molecule has 2 aromatic carbocycles. The van der Waals surface area contributed by atoms with Gasteiger partial charge in [0.1, 0.15) is 0 Å². The Morgan fingerprint density at radius 1 is 1.19 bits per heavy atom. The highest BCUT2D eigenvalue weighted by Crippen LogP contribution is 2.30. The number of benzene rings is 2. The van der Waals surface area contributed by atoms with Crippen LogP contribution in [0.25, 0.3) is 0 Å². The number of carbonyl (C=O) groups excluding carboxylic acids is 2. The first-order valence-corrected chi connectivity index (χ1v) is 12.2. The molecule has 4 rings (SSSR count). The van der Waals surface area contributed by atoms with Crippen LogP contribution in [0.3, 0.4) is 0 Å². The molecule has 2 heterocycles. The Bertz CT molecular complexity index is 1140. The van der Waals surface area contributed by atoms with Crippen LogP contribution in [0.2, 0.25) is 10.0 Å². The van der Waals surface area contributed by atoms with E-state index in [2.05, 4.69) is 20.9 Å². The summed E-state index contributed by atoms with van der Waals surface area (Å²) in [6, 6.07) is 11.1. The van der Waals surface area contributed by atoms with Crippen molar-refractivity contribution in [2.75, 3.05) is 29.9 Å². The number of hydrogen-bond donors (Lipinski definition) is 6. The van der Waals surface area contributed by atoms with Crippen LogP contribution >= 0.6 is 23.2 Å². The number of amides is 2. The largest absolute Gasteiger partial charge is 0.389 e. The molecule has 0 saturated carbocycles. The van der Waals surface area contributed by atoms with E-state index in [1.807, 2.05) is 6.07 Å². The van der Waals surface area contributed by atoms with Crippen molar-refractivity contribution in [3.63, 3.8) is 0 Å². The van der Waals surface area contributed by atoms with Crippen molar-refractivity contribution >= 4 is 52.4 Å². The molecule has 36 heavy (non-hydrogen) atoms. The predicted octanol–water partition coefficient (Wildman–Crippen LogP) is 1.64. The van der Waals surface area contributed by atoms with Crippen molar-refractivity contribution in [1.29, 1.82) is 0 Å². The first-order chi connectivity index (χ1) is 17.2. The molecule has 1 fully saturated rings. The zero-order chi connectivity index (χ0) is 25.8. The highest BCUT2D eigenvalue weighted by Gasteiger charge is 2.36. The molecule has 2 aliphatic rings. The summed E-state index contributed by atoms with van der Waals surface area (Å²) < 4.78 is 0. The van der Waals surface area contributed by atoms with Gasteiger partial charge in [-0.1, -0.05) is 29.3 Å². The third-order valence-electron chi connectivity index (χ3n) is 5.93. The van der Waals surface area contributed by atoms with Gasteiger partial charge in [0, 0.05) is 47.4 Å². The number of carbonyl (C=O) groups is 2. The zero-order valence-corrected chi connectivity index (χ0v) is 20.7. The Hall–Kier alpha value is -2.89. The van der Waals surface area contributed by atoms with Crippen LogP contribution in [-0.4, -0.2) is 65.1 Å². The van der Waals surface area contributed by atoms with E-state index in [9.17, 15) is 24.9 Å². The van der Waals surface area contributed by atoms with Gasteiger partial charge in [-0.2, -0.15) is 0 Å². The smallest absolute Gasteiger partial charge is 0.227 e. The second kappa shape index (κ2) is 11.4. The fourth-order valence-electron chi connectivity index (χ4n) is 4.19. The van der Waals surface area contributed by atoms with Crippen molar-refractivity contribution in [2.24, 2.45) is 10.9 Å². The van der Waals surface area contributed by atoms with E-state index in [4.69, 9.17) is 23.2 Å². The summed E-state index contributed by atoms with van der Waals surface area (Å²) in [6.45, 7) is 0.860. The summed E-state index contributed by atoms with van der Waals surface area (Å²) >= 11 is 12.2. The quantitative estimate of drug-likeness (QED) is 0.295. The van der Waals surface area contributed by atoms with E-state index in [1.54, 1.807) is 35.2 Å². The topological polar surface area (TPSA) is 147 Å². The highest BCUT2D eigenvalue weighted by atomic mass is 35.5. The predicted molar refractivity (Wildman–Crippen MR) is 137 cm³/mol. The Morgan fingerprint density at radius 2 is 1.94 bits per heavy atom. The molecule has 3 unspecified atom stereocenters. The summed E-state index contributed by atoms with van der Waals surface area (Å²) in [5.74, 6) is -0.692. The fourth-order valence-corrected chi connectivity index (χ4v) is 4.73. The fraction of sp³-hybridized carbons (Fsp3) is 0.375. The molecule has 0 bridgehead atoms. The summed E-state index contributed by atoms with van der Waals surface area (Å²) in [7, 11) is 0. The van der Waals surface area contributed by atoms with Crippen LogP contribution in [0, 0.1) is 5.92 Å². The molecular formula is C24H27Cl2N5O5. The first kappa shape index (κ1) is 26.2. The van der Waals surface area contributed by atoms with Gasteiger partial charge in [0.2, 0.25) is 11.8 Å². The van der Waals surface area contributed by atoms with E-state index in [0.29, 0.717) is 46.0 Å². The van der Waals surface area contributed by atoms with E-state index >= 15 is 0 Å². The number of anilines is 2. The number of rotatable bonds is 7. The summed E-state index contributed by atoms with van der Waals surface area (Å²) in [5, 5.41) is 38.3. The van der Waals surface area contributed by atoms with Gasteiger partial charge < -0.3 is 36.2 Å². The third kappa shape index (κ3) is 6.65. The van der Waals surface area contributed by atoms with Crippen LogP contribution in [0.4, 0.5) is 11.4 Å². The number of aliphatic hydroxyl groups excluding tert-OH is 2. The summed E-state index contributed by atoms with van der Waals surface area (Å²) in [4.78, 5) is 31.6. The van der Waals surface area contributed by atoms with Crippen LogP contribution in [0.15, 0.2) is 47.5 Å². The standard InChI is InChI=1S/C24H27Cl2N5O5/c25-15-4-13(5-16(26)7-15)20(9-22(34)35)30-23(36)14-6-21(33)31(12-14)18-3-1-2-17(8-18)29-24-27-10-19(32)11-28-24/h1-5,7-8,14,19-20,22,32,34-35H,6,9-12H2,(H,30,36)(H2,27,28,29). The minimum absolute atomic E-state index is 0.0142. The summed E-state index contributed by atoms with van der Waals surface area (Å²) in [5.41, 5.74) is 1.85. The Morgan fingerprint density at radius 3 is 2.61 bits per heavy atom. The molecule has 2 aliphatic heterocycles. The van der Waals surface area contributed by atoms with Crippen LogP contribution in [-0.2, 0) is 9.59 Å². The van der Waals surface area contributed by atoms with E-state index in [1.165, 1.54) is 6.07 Å². The van der Waals surface area contributed by atoms with Crippen molar-refractivity contribution in [1.82, 2.24) is 10.6 Å². The number of nitrogens with zero attached hydrogens (tertiary/aromatic N) is 2. The minimum Gasteiger partial charge on any atom is -0.389 e. The van der Waals surface area contributed by atoms with Crippen molar-refractivity contribution in [2.45, 2.75) is 31.3 Å². The number of β-amino-alcohol motifs (C(OH)–C–C–N with tert-alkyl or cyclic N) is 1. The van der Waals surface area contributed by atoms with Crippen molar-refractivity contribution in [3.8, 4) is 0 Å². The molecule has 192 valence electrons. The maximum atomic E-state index is 13.1. The van der Waals surface area contributed by atoms with Gasteiger partial charge in [-0.05, 0) is 42.0 Å². The second-order valence-corrected chi connectivity index (χ2v) is 9.66. The number of guanidine groups is 1. The summed E-state index contributed by atoms with van der Waals surface area (Å²) in [6.07, 6.45) is -2.35. The Labute approximate surface area is 217 Å². The zero-order valence-electron chi connectivity index (χ0n) is 19.2. The molecule has 3 atom stereocenters. The second-order valence-electron chi connectivity index (χ2n) is 8.79. The normalized spacial score (nSPS) is 20.7. The molecule has 0 spiro atoms.